The molecule has 164 valence electrons. The average molecular weight is 435 g/mol. The summed E-state index contributed by atoms with van der Waals surface area (Å²) >= 11 is 0. The molecule has 1 amide bonds. The molecule has 2 aliphatic rings. The maximum absolute atomic E-state index is 14.8. The molecule has 2 fully saturated rings. The van der Waals surface area contributed by atoms with E-state index in [1.165, 1.54) is 17.2 Å². The van der Waals surface area contributed by atoms with Crippen LogP contribution in [0.25, 0.3) is 10.9 Å². The monoisotopic (exact) mass is 435 g/mol. The fourth-order valence-corrected chi connectivity index (χ4v) is 4.33. The summed E-state index contributed by atoms with van der Waals surface area (Å²) in [5.41, 5.74) is -0.896. The van der Waals surface area contributed by atoms with E-state index in [1.807, 2.05) is 6.07 Å². The molecule has 1 aromatic carbocycles. The van der Waals surface area contributed by atoms with E-state index < -0.39 is 29.7 Å². The molecule has 0 saturated carbocycles. The topological polar surface area (TPSA) is 81.0 Å². The number of fused-ring (bicyclic) bond motifs is 1. The lowest BCUT2D eigenvalue weighted by Crippen LogP contribution is -2.57. The highest BCUT2D eigenvalue weighted by Crippen LogP contribution is 2.37. The number of carbonyl (C=O) groups is 1. The van der Waals surface area contributed by atoms with Crippen LogP contribution in [0.4, 0.5) is 23.2 Å². The number of anilines is 1. The number of nitriles is 1. The van der Waals surface area contributed by atoms with E-state index in [1.54, 1.807) is 18.2 Å². The van der Waals surface area contributed by atoms with Crippen LogP contribution in [0.5, 0.6) is 0 Å². The van der Waals surface area contributed by atoms with E-state index in [2.05, 4.69) is 15.6 Å². The molecule has 0 radical (unpaired) electrons. The van der Waals surface area contributed by atoms with Gasteiger partial charge in [-0.25, -0.2) is 4.39 Å². The van der Waals surface area contributed by atoms with Crippen LogP contribution in [0.15, 0.2) is 30.5 Å². The minimum atomic E-state index is -4.47. The molecule has 2 saturated heterocycles. The Bertz CT molecular complexity index is 1030. The van der Waals surface area contributed by atoms with Gasteiger partial charge in [0.1, 0.15) is 6.07 Å². The van der Waals surface area contributed by atoms with Crippen molar-refractivity contribution < 1.29 is 22.4 Å². The third-order valence-corrected chi connectivity index (χ3v) is 5.97. The maximum atomic E-state index is 14.8. The fraction of sp³-hybridized carbons (Fsp3) is 0.476. The van der Waals surface area contributed by atoms with Crippen molar-refractivity contribution in [3.8, 4) is 6.07 Å². The molecule has 0 bridgehead atoms. The highest BCUT2D eigenvalue weighted by Gasteiger charge is 2.47. The Morgan fingerprint density at radius 1 is 1.32 bits per heavy atom. The highest BCUT2D eigenvalue weighted by molar-refractivity contribution is 5.95. The number of benzene rings is 1. The van der Waals surface area contributed by atoms with Gasteiger partial charge in [0.2, 0.25) is 5.67 Å². The van der Waals surface area contributed by atoms with Crippen LogP contribution in [0, 0.1) is 17.2 Å². The van der Waals surface area contributed by atoms with E-state index in [0.29, 0.717) is 28.7 Å². The molecule has 0 spiro atoms. The van der Waals surface area contributed by atoms with Crippen LogP contribution < -0.4 is 15.5 Å². The molecule has 31 heavy (non-hydrogen) atoms. The third kappa shape index (κ3) is 4.14. The molecular weight excluding hydrogens is 414 g/mol. The molecule has 4 rings (SSSR count). The number of alkyl halides is 4. The van der Waals surface area contributed by atoms with Gasteiger partial charge in [-0.2, -0.15) is 18.4 Å². The summed E-state index contributed by atoms with van der Waals surface area (Å²) in [6, 6.07) is 7.63. The van der Waals surface area contributed by atoms with Gasteiger partial charge in [0, 0.05) is 49.4 Å². The number of hydrogen-bond acceptors (Lipinski definition) is 5. The lowest BCUT2D eigenvalue weighted by molar-refractivity contribution is -0.178. The van der Waals surface area contributed by atoms with Gasteiger partial charge >= 0.3 is 6.18 Å². The van der Waals surface area contributed by atoms with E-state index in [4.69, 9.17) is 0 Å². The summed E-state index contributed by atoms with van der Waals surface area (Å²) in [5.74, 6) is -2.57. The Balaban J connectivity index is 1.65. The number of rotatable bonds is 3. The van der Waals surface area contributed by atoms with Gasteiger partial charge in [0.25, 0.3) is 5.91 Å². The summed E-state index contributed by atoms with van der Waals surface area (Å²) in [6.45, 7) is -0.00811. The van der Waals surface area contributed by atoms with Crippen molar-refractivity contribution >= 4 is 22.5 Å². The quantitative estimate of drug-likeness (QED) is 0.725. The van der Waals surface area contributed by atoms with Crippen LogP contribution in [-0.4, -0.2) is 55.0 Å². The summed E-state index contributed by atoms with van der Waals surface area (Å²) < 4.78 is 55.8. The predicted molar refractivity (Wildman–Crippen MR) is 106 cm³/mol. The fourth-order valence-electron chi connectivity index (χ4n) is 4.33. The minimum Gasteiger partial charge on any atom is -0.368 e. The smallest absolute Gasteiger partial charge is 0.368 e. The average Bonchev–Trinajstić information content (AvgIpc) is 3.20. The van der Waals surface area contributed by atoms with Crippen molar-refractivity contribution in [2.75, 3.05) is 31.1 Å². The van der Waals surface area contributed by atoms with Crippen molar-refractivity contribution in [3.05, 3.63) is 36.0 Å². The minimum absolute atomic E-state index is 0.0100. The molecule has 1 aromatic heterocycles. The number of piperidine rings is 1. The Kier molecular flexibility index (Phi) is 5.47. The largest absolute Gasteiger partial charge is 0.393 e. The Morgan fingerprint density at radius 3 is 2.81 bits per heavy atom. The van der Waals surface area contributed by atoms with Gasteiger partial charge in [-0.3, -0.25) is 9.78 Å². The zero-order valence-corrected chi connectivity index (χ0v) is 16.5. The van der Waals surface area contributed by atoms with Crippen LogP contribution in [0.3, 0.4) is 0 Å². The Morgan fingerprint density at radius 2 is 2.13 bits per heavy atom. The number of carbonyl (C=O) groups excluding carboxylic acids is 1. The van der Waals surface area contributed by atoms with E-state index >= 15 is 0 Å². The van der Waals surface area contributed by atoms with E-state index in [-0.39, 0.29) is 32.5 Å². The molecule has 2 aromatic rings. The normalized spacial score (nSPS) is 26.6. The molecule has 2 N–H and O–H groups in total. The van der Waals surface area contributed by atoms with Gasteiger partial charge in [-0.15, -0.1) is 0 Å². The number of nitrogens with one attached hydrogen (secondary N) is 2. The highest BCUT2D eigenvalue weighted by atomic mass is 19.4. The molecule has 6 nitrogen and oxygen atoms in total. The van der Waals surface area contributed by atoms with Crippen molar-refractivity contribution in [2.45, 2.75) is 30.7 Å². The number of halogens is 4. The molecule has 3 atom stereocenters. The first kappa shape index (κ1) is 21.3. The number of pyridine rings is 1. The van der Waals surface area contributed by atoms with Gasteiger partial charge in [0.15, 0.2) is 0 Å². The standard InChI is InChI=1S/C21H21F4N5O/c22-20(5-7-27-12-20)19(31)29-15-8-14(21(23,24)25)10-30(11-15)17-4-3-13(9-26)18-16(17)2-1-6-28-18/h1-4,6,14-15,27H,5,7-8,10-12H2,(H,29,31)/t14-,15+,20-/m0/s1. The van der Waals surface area contributed by atoms with Crippen LogP contribution in [0.2, 0.25) is 0 Å². The Labute approximate surface area is 176 Å². The zero-order chi connectivity index (χ0) is 22.2. The number of nitrogens with zero attached hydrogens (tertiary/aromatic N) is 3. The second-order valence-corrected chi connectivity index (χ2v) is 8.09. The molecule has 3 heterocycles. The number of hydrogen-bond donors (Lipinski definition) is 2. The second kappa shape index (κ2) is 7.96. The van der Waals surface area contributed by atoms with Crippen LogP contribution in [-0.2, 0) is 4.79 Å². The van der Waals surface area contributed by atoms with Gasteiger partial charge in [-0.05, 0) is 37.2 Å². The SMILES string of the molecule is N#Cc1ccc(N2C[C@H](NC(=O)[C@]3(F)CCNC3)C[C@H](C(F)(F)F)C2)c2cccnc12. The first-order valence-corrected chi connectivity index (χ1v) is 10.0. The molecule has 2 aliphatic heterocycles. The molecular formula is C21H21F4N5O. The number of aromatic nitrogens is 1. The third-order valence-electron chi connectivity index (χ3n) is 5.97. The lowest BCUT2D eigenvalue weighted by atomic mass is 9.91. The summed E-state index contributed by atoms with van der Waals surface area (Å²) in [7, 11) is 0. The first-order valence-electron chi connectivity index (χ1n) is 10.0. The molecule has 10 heteroatoms. The van der Waals surface area contributed by atoms with Gasteiger partial charge in [0.05, 0.1) is 17.0 Å². The lowest BCUT2D eigenvalue weighted by Gasteiger charge is -2.41. The zero-order valence-electron chi connectivity index (χ0n) is 16.5. The van der Waals surface area contributed by atoms with Crippen LogP contribution >= 0.6 is 0 Å². The predicted octanol–water partition coefficient (Wildman–Crippen LogP) is 2.68. The second-order valence-electron chi connectivity index (χ2n) is 8.09. The summed E-state index contributed by atoms with van der Waals surface area (Å²) in [5, 5.41) is 15.1. The van der Waals surface area contributed by atoms with Crippen molar-refractivity contribution in [2.24, 2.45) is 5.92 Å². The van der Waals surface area contributed by atoms with Crippen molar-refractivity contribution in [3.63, 3.8) is 0 Å². The summed E-state index contributed by atoms with van der Waals surface area (Å²) in [6.07, 6.45) is -3.28. The number of amides is 1. The molecule has 0 aliphatic carbocycles. The van der Waals surface area contributed by atoms with Crippen molar-refractivity contribution in [1.82, 2.24) is 15.6 Å². The van der Waals surface area contributed by atoms with E-state index in [9.17, 15) is 27.6 Å². The maximum Gasteiger partial charge on any atom is 0.393 e. The van der Waals surface area contributed by atoms with E-state index in [0.717, 1.165) is 0 Å². The van der Waals surface area contributed by atoms with Crippen molar-refractivity contribution in [1.29, 1.82) is 5.26 Å². The van der Waals surface area contributed by atoms with Gasteiger partial charge < -0.3 is 15.5 Å². The summed E-state index contributed by atoms with van der Waals surface area (Å²) in [4.78, 5) is 18.2. The van der Waals surface area contributed by atoms with Gasteiger partial charge in [-0.1, -0.05) is 0 Å². The van der Waals surface area contributed by atoms with Crippen LogP contribution in [0.1, 0.15) is 18.4 Å². The first-order chi connectivity index (χ1) is 14.7. The Hall–Kier alpha value is -2.93. The molecule has 0 unspecified atom stereocenters.